The lowest BCUT2D eigenvalue weighted by Crippen LogP contribution is -2.36. The molecule has 5 heteroatoms. The van der Waals surface area contributed by atoms with Gasteiger partial charge in [0.25, 0.3) is 0 Å². The van der Waals surface area contributed by atoms with E-state index >= 15 is 0 Å². The van der Waals surface area contributed by atoms with Gasteiger partial charge in [-0.1, -0.05) is 12.8 Å². The molecule has 2 aromatic rings. The Hall–Kier alpha value is -1.20. The van der Waals surface area contributed by atoms with E-state index in [2.05, 4.69) is 26.2 Å². The second-order valence-corrected chi connectivity index (χ2v) is 6.11. The van der Waals surface area contributed by atoms with Gasteiger partial charge >= 0.3 is 0 Å². The highest BCUT2D eigenvalue weighted by Crippen LogP contribution is 2.25. The van der Waals surface area contributed by atoms with Crippen LogP contribution in [0.15, 0.2) is 28.7 Å². The number of nitrogens with one attached hydrogen (secondary N) is 1. The fraction of sp³-hybridized carbons (Fsp3) is 0.400. The fourth-order valence-corrected chi connectivity index (χ4v) is 3.03. The number of aromatic nitrogens is 1. The van der Waals surface area contributed by atoms with Crippen LogP contribution in [0.2, 0.25) is 0 Å². The third-order valence-electron chi connectivity index (χ3n) is 3.79. The van der Waals surface area contributed by atoms with Gasteiger partial charge in [-0.2, -0.15) is 0 Å². The van der Waals surface area contributed by atoms with Crippen molar-refractivity contribution >= 4 is 32.7 Å². The summed E-state index contributed by atoms with van der Waals surface area (Å²) >= 11 is 3.17. The quantitative estimate of drug-likeness (QED) is 0.874. The van der Waals surface area contributed by atoms with E-state index < -0.39 is 0 Å². The van der Waals surface area contributed by atoms with Gasteiger partial charge in [0.05, 0.1) is 22.1 Å². The molecule has 0 amide bonds. The van der Waals surface area contributed by atoms with E-state index in [4.69, 9.17) is 0 Å². The predicted octanol–water partition coefficient (Wildman–Crippen LogP) is 3.85. The molecule has 1 aromatic carbocycles. The van der Waals surface area contributed by atoms with Crippen LogP contribution in [-0.4, -0.2) is 22.2 Å². The van der Waals surface area contributed by atoms with Gasteiger partial charge in [-0.25, -0.2) is 9.37 Å². The molecule has 0 saturated heterocycles. The normalized spacial score (nSPS) is 22.9. The van der Waals surface area contributed by atoms with Gasteiger partial charge in [0.15, 0.2) is 0 Å². The number of halogens is 2. The minimum atomic E-state index is -0.331. The molecule has 20 heavy (non-hydrogen) atoms. The highest BCUT2D eigenvalue weighted by atomic mass is 79.9. The molecule has 1 aliphatic carbocycles. The van der Waals surface area contributed by atoms with Gasteiger partial charge in [0, 0.05) is 11.5 Å². The molecule has 1 heterocycles. The van der Waals surface area contributed by atoms with E-state index in [0.717, 1.165) is 31.1 Å². The Labute approximate surface area is 125 Å². The maximum absolute atomic E-state index is 13.6. The maximum atomic E-state index is 13.6. The summed E-state index contributed by atoms with van der Waals surface area (Å²) in [5.41, 5.74) is 0.612. The summed E-state index contributed by atoms with van der Waals surface area (Å²) in [6.45, 7) is 0. The van der Waals surface area contributed by atoms with E-state index in [-0.39, 0.29) is 18.0 Å². The second-order valence-electron chi connectivity index (χ2n) is 5.26. The third kappa shape index (κ3) is 2.79. The van der Waals surface area contributed by atoms with Gasteiger partial charge in [-0.3, -0.25) is 0 Å². The van der Waals surface area contributed by atoms with Gasteiger partial charge < -0.3 is 10.4 Å². The Kier molecular flexibility index (Phi) is 3.89. The summed E-state index contributed by atoms with van der Waals surface area (Å²) < 4.78 is 14.0. The number of aliphatic hydroxyl groups excluding tert-OH is 1. The van der Waals surface area contributed by atoms with Crippen LogP contribution in [0.4, 0.5) is 10.2 Å². The zero-order valence-electron chi connectivity index (χ0n) is 10.9. The van der Waals surface area contributed by atoms with E-state index in [1.54, 1.807) is 6.07 Å². The molecule has 0 radical (unpaired) electrons. The van der Waals surface area contributed by atoms with E-state index in [0.29, 0.717) is 15.8 Å². The molecule has 0 aliphatic heterocycles. The van der Waals surface area contributed by atoms with Crippen molar-refractivity contribution in [3.8, 4) is 0 Å². The lowest BCUT2D eigenvalue weighted by atomic mass is 9.92. The van der Waals surface area contributed by atoms with E-state index in [1.165, 1.54) is 6.07 Å². The molecule has 1 aromatic heterocycles. The number of nitrogens with zero attached hydrogens (tertiary/aromatic N) is 1. The molecule has 2 N–H and O–H groups in total. The summed E-state index contributed by atoms with van der Waals surface area (Å²) in [6.07, 6.45) is 3.62. The van der Waals surface area contributed by atoms with Crippen LogP contribution in [0, 0.1) is 5.82 Å². The van der Waals surface area contributed by atoms with Crippen LogP contribution in [0.3, 0.4) is 0 Å². The first-order valence-electron chi connectivity index (χ1n) is 6.84. The van der Waals surface area contributed by atoms with Gasteiger partial charge in [-0.05, 0) is 47.0 Å². The Balaban J connectivity index is 1.87. The molecule has 0 unspecified atom stereocenters. The topological polar surface area (TPSA) is 45.1 Å². The van der Waals surface area contributed by atoms with Crippen molar-refractivity contribution in [1.82, 2.24) is 4.98 Å². The van der Waals surface area contributed by atoms with Crippen LogP contribution in [0.1, 0.15) is 25.7 Å². The predicted molar refractivity (Wildman–Crippen MR) is 81.3 cm³/mol. The Morgan fingerprint density at radius 1 is 1.25 bits per heavy atom. The number of benzene rings is 1. The van der Waals surface area contributed by atoms with Crippen LogP contribution < -0.4 is 5.32 Å². The van der Waals surface area contributed by atoms with Gasteiger partial charge in [0.2, 0.25) is 0 Å². The molecule has 1 aliphatic rings. The summed E-state index contributed by atoms with van der Waals surface area (Å²) in [5.74, 6) is 0.366. The molecule has 1 fully saturated rings. The molecule has 0 bridgehead atoms. The number of aliphatic hydroxyl groups is 1. The summed E-state index contributed by atoms with van der Waals surface area (Å²) in [7, 11) is 0. The molecule has 3 rings (SSSR count). The highest BCUT2D eigenvalue weighted by Gasteiger charge is 2.23. The fourth-order valence-electron chi connectivity index (χ4n) is 2.67. The molecule has 2 atom stereocenters. The lowest BCUT2D eigenvalue weighted by molar-refractivity contribution is 0.116. The smallest absolute Gasteiger partial charge is 0.139 e. The van der Waals surface area contributed by atoms with E-state index in [1.807, 2.05) is 12.1 Å². The summed E-state index contributed by atoms with van der Waals surface area (Å²) in [6, 6.07) is 6.95. The summed E-state index contributed by atoms with van der Waals surface area (Å²) in [5, 5.41) is 14.1. The third-order valence-corrected chi connectivity index (χ3v) is 4.40. The average molecular weight is 339 g/mol. The van der Waals surface area contributed by atoms with Crippen molar-refractivity contribution in [2.45, 2.75) is 37.8 Å². The number of pyridine rings is 1. The number of anilines is 1. The minimum absolute atomic E-state index is 0.0361. The molecule has 106 valence electrons. The van der Waals surface area contributed by atoms with Crippen LogP contribution in [0.5, 0.6) is 0 Å². The Morgan fingerprint density at radius 2 is 2.05 bits per heavy atom. The molecule has 0 spiro atoms. The van der Waals surface area contributed by atoms with Crippen molar-refractivity contribution in [1.29, 1.82) is 0 Å². The van der Waals surface area contributed by atoms with Crippen molar-refractivity contribution in [3.63, 3.8) is 0 Å². The van der Waals surface area contributed by atoms with Crippen molar-refractivity contribution < 1.29 is 9.50 Å². The number of rotatable bonds is 2. The van der Waals surface area contributed by atoms with E-state index in [9.17, 15) is 9.50 Å². The zero-order valence-corrected chi connectivity index (χ0v) is 12.5. The largest absolute Gasteiger partial charge is 0.391 e. The Morgan fingerprint density at radius 3 is 2.85 bits per heavy atom. The number of hydrogen-bond donors (Lipinski definition) is 2. The van der Waals surface area contributed by atoms with Crippen LogP contribution >= 0.6 is 15.9 Å². The second kappa shape index (κ2) is 5.66. The molecule has 3 nitrogen and oxygen atoms in total. The minimum Gasteiger partial charge on any atom is -0.391 e. The molecular weight excluding hydrogens is 323 g/mol. The Bertz CT molecular complexity index is 635. The van der Waals surface area contributed by atoms with Crippen LogP contribution in [-0.2, 0) is 0 Å². The monoisotopic (exact) mass is 338 g/mol. The first-order valence-corrected chi connectivity index (χ1v) is 7.63. The highest BCUT2D eigenvalue weighted by molar-refractivity contribution is 9.10. The molecule has 1 saturated carbocycles. The van der Waals surface area contributed by atoms with Crippen molar-refractivity contribution in [2.24, 2.45) is 0 Å². The lowest BCUT2D eigenvalue weighted by Gasteiger charge is -2.28. The number of hydrogen-bond acceptors (Lipinski definition) is 3. The SMILES string of the molecule is O[C@H]1CCCC[C@@H]1Nc1ccc2cc(Br)c(F)cc2n1. The van der Waals surface area contributed by atoms with Gasteiger partial charge in [-0.15, -0.1) is 0 Å². The van der Waals surface area contributed by atoms with Crippen molar-refractivity contribution in [3.05, 3.63) is 34.6 Å². The standard InChI is InChI=1S/C15H16BrFN2O/c16-10-7-9-5-6-15(19-13(9)8-11(10)17)18-12-3-1-2-4-14(12)20/h5-8,12,14,20H,1-4H2,(H,18,19)/t12-,14-/m0/s1. The first-order chi connectivity index (χ1) is 9.63. The maximum Gasteiger partial charge on any atom is 0.139 e. The number of fused-ring (bicyclic) bond motifs is 1. The van der Waals surface area contributed by atoms with Crippen LogP contribution in [0.25, 0.3) is 10.9 Å². The zero-order chi connectivity index (χ0) is 14.1. The summed E-state index contributed by atoms with van der Waals surface area (Å²) in [4.78, 5) is 4.42. The average Bonchev–Trinajstić information content (AvgIpc) is 2.43. The molecular formula is C15H16BrFN2O. The first kappa shape index (κ1) is 13.8. The van der Waals surface area contributed by atoms with Gasteiger partial charge in [0.1, 0.15) is 11.6 Å². The van der Waals surface area contributed by atoms with Crippen molar-refractivity contribution in [2.75, 3.05) is 5.32 Å².